The van der Waals surface area contributed by atoms with Crippen LogP contribution in [-0.4, -0.2) is 32.5 Å². The Morgan fingerprint density at radius 2 is 2.30 bits per heavy atom. The molecule has 1 atom stereocenters. The lowest BCUT2D eigenvalue weighted by molar-refractivity contribution is 0.0733. The molecule has 1 aliphatic carbocycles. The molecule has 1 saturated carbocycles. The lowest BCUT2D eigenvalue weighted by atomic mass is 10.2. The van der Waals surface area contributed by atoms with Gasteiger partial charge >= 0.3 is 0 Å². The summed E-state index contributed by atoms with van der Waals surface area (Å²) in [6, 6.07) is -0.0597. The highest BCUT2D eigenvalue weighted by Crippen LogP contribution is 2.40. The fourth-order valence-electron chi connectivity index (χ4n) is 3.04. The normalized spacial score (nSPS) is 21.1. The number of rotatable bonds is 5. The third kappa shape index (κ3) is 2.89. The Balaban J connectivity index is 1.52. The van der Waals surface area contributed by atoms with E-state index in [4.69, 9.17) is 4.52 Å². The fraction of sp³-hybridized carbons (Fsp3) is 0.625. The molecule has 0 bridgehead atoms. The van der Waals surface area contributed by atoms with E-state index in [0.717, 1.165) is 56.0 Å². The van der Waals surface area contributed by atoms with Crippen molar-refractivity contribution in [2.45, 2.75) is 57.4 Å². The van der Waals surface area contributed by atoms with Gasteiger partial charge in [0, 0.05) is 12.5 Å². The number of thiazole rings is 1. The van der Waals surface area contributed by atoms with Crippen LogP contribution in [0.2, 0.25) is 0 Å². The maximum Gasteiger partial charge on any atom is 0.266 e. The summed E-state index contributed by atoms with van der Waals surface area (Å²) in [5, 5.41) is 5.16. The molecular formula is C16H20N4O2S. The van der Waals surface area contributed by atoms with Crippen LogP contribution in [0.5, 0.6) is 0 Å². The predicted octanol–water partition coefficient (Wildman–Crippen LogP) is 3.33. The van der Waals surface area contributed by atoms with Gasteiger partial charge in [0.25, 0.3) is 5.91 Å². The lowest BCUT2D eigenvalue weighted by Crippen LogP contribution is -2.30. The number of carbonyl (C=O) groups excluding carboxylic acids is 1. The Labute approximate surface area is 138 Å². The van der Waals surface area contributed by atoms with E-state index in [0.29, 0.717) is 16.6 Å². The Kier molecular flexibility index (Phi) is 3.88. The third-order valence-electron chi connectivity index (χ3n) is 4.42. The van der Waals surface area contributed by atoms with Crippen molar-refractivity contribution in [3.63, 3.8) is 0 Å². The van der Waals surface area contributed by atoms with Crippen molar-refractivity contribution in [1.82, 2.24) is 20.0 Å². The zero-order chi connectivity index (χ0) is 15.8. The van der Waals surface area contributed by atoms with Crippen LogP contribution in [0.4, 0.5) is 0 Å². The molecule has 6 nitrogen and oxygen atoms in total. The molecule has 7 heteroatoms. The molecule has 0 spiro atoms. The Bertz CT molecular complexity index is 707. The molecule has 2 aliphatic rings. The second-order valence-corrected chi connectivity index (χ2v) is 7.41. The molecule has 1 aliphatic heterocycles. The molecule has 0 N–H and O–H groups in total. The van der Waals surface area contributed by atoms with Gasteiger partial charge in [-0.15, -0.1) is 11.3 Å². The van der Waals surface area contributed by atoms with Gasteiger partial charge in [-0.1, -0.05) is 12.1 Å². The summed E-state index contributed by atoms with van der Waals surface area (Å²) in [4.78, 5) is 24.3. The topological polar surface area (TPSA) is 72.1 Å². The summed E-state index contributed by atoms with van der Waals surface area (Å²) in [5.74, 6) is 1.89. The van der Waals surface area contributed by atoms with Crippen molar-refractivity contribution in [3.8, 4) is 0 Å². The monoisotopic (exact) mass is 332 g/mol. The van der Waals surface area contributed by atoms with E-state index in [2.05, 4.69) is 22.0 Å². The number of likely N-dealkylation sites (tertiary alicyclic amines) is 1. The molecule has 0 aromatic carbocycles. The van der Waals surface area contributed by atoms with Crippen LogP contribution in [0.15, 0.2) is 10.7 Å². The van der Waals surface area contributed by atoms with Crippen molar-refractivity contribution >= 4 is 17.2 Å². The first-order valence-electron chi connectivity index (χ1n) is 8.35. The second kappa shape index (κ2) is 6.03. The fourth-order valence-corrected chi connectivity index (χ4v) is 4.01. The Morgan fingerprint density at radius 3 is 3.09 bits per heavy atom. The van der Waals surface area contributed by atoms with E-state index in [1.807, 2.05) is 4.90 Å². The maximum absolute atomic E-state index is 12.8. The Hall–Kier alpha value is -1.76. The van der Waals surface area contributed by atoms with Crippen molar-refractivity contribution < 1.29 is 9.32 Å². The molecule has 23 heavy (non-hydrogen) atoms. The standard InChI is InChI=1S/C16H20N4O2S/c1-2-4-13-17-9-12(23-13)16(21)20-8-3-5-11(20)14-18-15(22-19-14)10-6-7-10/h9-11H,2-8H2,1H3/t11-/m1/s1. The molecule has 4 rings (SSSR count). The van der Waals surface area contributed by atoms with Gasteiger partial charge in [-0.2, -0.15) is 4.98 Å². The molecule has 1 saturated heterocycles. The number of carbonyl (C=O) groups is 1. The van der Waals surface area contributed by atoms with Gasteiger partial charge < -0.3 is 9.42 Å². The largest absolute Gasteiger partial charge is 0.339 e. The Morgan fingerprint density at radius 1 is 1.43 bits per heavy atom. The van der Waals surface area contributed by atoms with E-state index < -0.39 is 0 Å². The first-order chi connectivity index (χ1) is 11.3. The van der Waals surface area contributed by atoms with Gasteiger partial charge in [0.1, 0.15) is 4.88 Å². The molecule has 122 valence electrons. The van der Waals surface area contributed by atoms with Gasteiger partial charge in [-0.05, 0) is 38.5 Å². The summed E-state index contributed by atoms with van der Waals surface area (Å²) in [5.41, 5.74) is 0. The van der Waals surface area contributed by atoms with E-state index in [1.165, 1.54) is 11.3 Å². The van der Waals surface area contributed by atoms with E-state index in [9.17, 15) is 4.79 Å². The summed E-state index contributed by atoms with van der Waals surface area (Å²) >= 11 is 1.50. The smallest absolute Gasteiger partial charge is 0.266 e. The number of aromatic nitrogens is 3. The van der Waals surface area contributed by atoms with E-state index in [1.54, 1.807) is 6.20 Å². The summed E-state index contributed by atoms with van der Waals surface area (Å²) in [6.07, 6.45) is 7.82. The van der Waals surface area contributed by atoms with Crippen LogP contribution >= 0.6 is 11.3 Å². The van der Waals surface area contributed by atoms with Crippen molar-refractivity contribution in [2.24, 2.45) is 0 Å². The number of hydrogen-bond donors (Lipinski definition) is 0. The predicted molar refractivity (Wildman–Crippen MR) is 85.4 cm³/mol. The first kappa shape index (κ1) is 14.8. The maximum atomic E-state index is 12.8. The average Bonchev–Trinajstić information content (AvgIpc) is 2.99. The second-order valence-electron chi connectivity index (χ2n) is 6.29. The van der Waals surface area contributed by atoms with E-state index >= 15 is 0 Å². The SMILES string of the molecule is CCCc1ncc(C(=O)N2CCC[C@@H]2c2noc(C3CC3)n2)s1. The molecule has 0 radical (unpaired) electrons. The lowest BCUT2D eigenvalue weighted by Gasteiger charge is -2.21. The van der Waals surface area contributed by atoms with Crippen LogP contribution in [0, 0.1) is 0 Å². The van der Waals surface area contributed by atoms with Gasteiger partial charge in [0.05, 0.1) is 17.2 Å². The molecule has 3 heterocycles. The minimum atomic E-state index is -0.0597. The number of nitrogens with zero attached hydrogens (tertiary/aromatic N) is 4. The van der Waals surface area contributed by atoms with Gasteiger partial charge in [0.15, 0.2) is 5.82 Å². The minimum absolute atomic E-state index is 0.0464. The van der Waals surface area contributed by atoms with Crippen LogP contribution in [0.25, 0.3) is 0 Å². The highest BCUT2D eigenvalue weighted by atomic mass is 32.1. The molecule has 2 fully saturated rings. The van der Waals surface area contributed by atoms with Crippen molar-refractivity contribution in [1.29, 1.82) is 0 Å². The zero-order valence-corrected chi connectivity index (χ0v) is 14.0. The van der Waals surface area contributed by atoms with Gasteiger partial charge in [0.2, 0.25) is 5.89 Å². The van der Waals surface area contributed by atoms with Gasteiger partial charge in [-0.25, -0.2) is 4.98 Å². The highest BCUT2D eigenvalue weighted by molar-refractivity contribution is 7.13. The molecule has 1 amide bonds. The highest BCUT2D eigenvalue weighted by Gasteiger charge is 2.36. The minimum Gasteiger partial charge on any atom is -0.339 e. The van der Waals surface area contributed by atoms with E-state index in [-0.39, 0.29) is 11.9 Å². The molecule has 2 aromatic rings. The van der Waals surface area contributed by atoms with Crippen LogP contribution in [-0.2, 0) is 6.42 Å². The average molecular weight is 332 g/mol. The van der Waals surface area contributed by atoms with Gasteiger partial charge in [-0.3, -0.25) is 4.79 Å². The van der Waals surface area contributed by atoms with Crippen molar-refractivity contribution in [2.75, 3.05) is 6.54 Å². The summed E-state index contributed by atoms with van der Waals surface area (Å²) in [6.45, 7) is 2.87. The summed E-state index contributed by atoms with van der Waals surface area (Å²) in [7, 11) is 0. The molecular weight excluding hydrogens is 312 g/mol. The number of hydrogen-bond acceptors (Lipinski definition) is 6. The van der Waals surface area contributed by atoms with Crippen molar-refractivity contribution in [3.05, 3.63) is 27.8 Å². The quantitative estimate of drug-likeness (QED) is 0.840. The van der Waals surface area contributed by atoms with Crippen LogP contribution in [0.1, 0.15) is 77.4 Å². The summed E-state index contributed by atoms with van der Waals surface area (Å²) < 4.78 is 5.36. The molecule has 2 aromatic heterocycles. The molecule has 0 unspecified atom stereocenters. The van der Waals surface area contributed by atoms with Crippen LogP contribution < -0.4 is 0 Å². The first-order valence-corrected chi connectivity index (χ1v) is 9.17. The van der Waals surface area contributed by atoms with Crippen LogP contribution in [0.3, 0.4) is 0 Å². The number of amides is 1. The third-order valence-corrected chi connectivity index (χ3v) is 5.47. The number of aryl methyl sites for hydroxylation is 1. The zero-order valence-electron chi connectivity index (χ0n) is 13.2.